The lowest BCUT2D eigenvalue weighted by Crippen LogP contribution is -2.24. The molecule has 0 bridgehead atoms. The first-order valence-electron chi connectivity index (χ1n) is 4.61. The Kier molecular flexibility index (Phi) is 5.21. The van der Waals surface area contributed by atoms with Gasteiger partial charge in [0, 0.05) is 4.90 Å². The Morgan fingerprint density at radius 1 is 1.50 bits per heavy atom. The van der Waals surface area contributed by atoms with Crippen LogP contribution in [0.4, 0.5) is 8.78 Å². The first-order valence-corrected chi connectivity index (χ1v) is 5.49. The SMILES string of the molecule is CCONC(=O)c1ccccc1SC(F)F. The molecule has 0 saturated heterocycles. The van der Waals surface area contributed by atoms with Crippen LogP contribution in [0.5, 0.6) is 0 Å². The number of nitrogens with one attached hydrogen (secondary N) is 1. The second-order valence-electron chi connectivity index (χ2n) is 2.74. The lowest BCUT2D eigenvalue weighted by molar-refractivity contribution is 0.0362. The van der Waals surface area contributed by atoms with Gasteiger partial charge < -0.3 is 0 Å². The van der Waals surface area contributed by atoms with Crippen molar-refractivity contribution in [1.29, 1.82) is 0 Å². The molecule has 88 valence electrons. The average Bonchev–Trinajstić information content (AvgIpc) is 2.26. The number of carbonyl (C=O) groups is 1. The van der Waals surface area contributed by atoms with Gasteiger partial charge in [0.2, 0.25) is 0 Å². The Morgan fingerprint density at radius 2 is 2.19 bits per heavy atom. The number of hydrogen-bond donors (Lipinski definition) is 1. The summed E-state index contributed by atoms with van der Waals surface area (Å²) in [4.78, 5) is 16.5. The van der Waals surface area contributed by atoms with Crippen LogP contribution in [-0.4, -0.2) is 18.3 Å². The van der Waals surface area contributed by atoms with Gasteiger partial charge in [-0.3, -0.25) is 9.63 Å². The summed E-state index contributed by atoms with van der Waals surface area (Å²) in [7, 11) is 0. The summed E-state index contributed by atoms with van der Waals surface area (Å²) in [6.45, 7) is 2.02. The number of halogens is 2. The van der Waals surface area contributed by atoms with Crippen LogP contribution >= 0.6 is 11.8 Å². The summed E-state index contributed by atoms with van der Waals surface area (Å²) in [5.74, 6) is -3.08. The van der Waals surface area contributed by atoms with E-state index < -0.39 is 11.7 Å². The monoisotopic (exact) mass is 247 g/mol. The highest BCUT2D eigenvalue weighted by Crippen LogP contribution is 2.28. The normalized spacial score (nSPS) is 10.5. The van der Waals surface area contributed by atoms with Gasteiger partial charge in [0.25, 0.3) is 11.7 Å². The maximum absolute atomic E-state index is 12.2. The van der Waals surface area contributed by atoms with Gasteiger partial charge in [-0.25, -0.2) is 5.48 Å². The third-order valence-electron chi connectivity index (χ3n) is 1.66. The topological polar surface area (TPSA) is 38.3 Å². The molecular weight excluding hydrogens is 236 g/mol. The van der Waals surface area contributed by atoms with Crippen molar-refractivity contribution < 1.29 is 18.4 Å². The van der Waals surface area contributed by atoms with E-state index in [-0.39, 0.29) is 10.5 Å². The first kappa shape index (κ1) is 12.9. The molecule has 0 aromatic heterocycles. The minimum Gasteiger partial charge on any atom is -0.274 e. The zero-order valence-corrected chi connectivity index (χ0v) is 9.39. The average molecular weight is 247 g/mol. The first-order chi connectivity index (χ1) is 7.65. The van der Waals surface area contributed by atoms with Crippen LogP contribution in [0.15, 0.2) is 29.2 Å². The molecule has 0 saturated carbocycles. The molecule has 1 amide bonds. The summed E-state index contributed by atoms with van der Waals surface area (Å²) in [6.07, 6.45) is 0. The van der Waals surface area contributed by atoms with Crippen LogP contribution < -0.4 is 5.48 Å². The molecule has 1 aromatic carbocycles. The highest BCUT2D eigenvalue weighted by molar-refractivity contribution is 7.99. The van der Waals surface area contributed by atoms with Crippen LogP contribution in [0, 0.1) is 0 Å². The molecule has 0 aliphatic rings. The Labute approximate surface area is 96.1 Å². The number of rotatable bonds is 5. The molecule has 1 rings (SSSR count). The van der Waals surface area contributed by atoms with E-state index in [9.17, 15) is 13.6 Å². The fourth-order valence-electron chi connectivity index (χ4n) is 1.05. The van der Waals surface area contributed by atoms with Gasteiger partial charge in [0.15, 0.2) is 0 Å². The number of benzene rings is 1. The standard InChI is InChI=1S/C10H11F2NO2S/c1-2-15-13-9(14)7-5-3-4-6-8(7)16-10(11)12/h3-6,10H,2H2,1H3,(H,13,14). The summed E-state index contributed by atoms with van der Waals surface area (Å²) in [5.41, 5.74) is 2.35. The van der Waals surface area contributed by atoms with Crippen molar-refractivity contribution in [3.05, 3.63) is 29.8 Å². The van der Waals surface area contributed by atoms with E-state index in [2.05, 4.69) is 5.48 Å². The molecule has 0 atom stereocenters. The predicted molar refractivity (Wildman–Crippen MR) is 57.4 cm³/mol. The largest absolute Gasteiger partial charge is 0.288 e. The second kappa shape index (κ2) is 6.44. The Bertz CT molecular complexity index is 360. The molecule has 0 unspecified atom stereocenters. The second-order valence-corrected chi connectivity index (χ2v) is 3.77. The number of alkyl halides is 2. The van der Waals surface area contributed by atoms with Crippen LogP contribution in [0.1, 0.15) is 17.3 Å². The summed E-state index contributed by atoms with van der Waals surface area (Å²) in [6, 6.07) is 6.15. The minimum atomic E-state index is -2.55. The molecule has 0 fully saturated rings. The fraction of sp³-hybridized carbons (Fsp3) is 0.300. The van der Waals surface area contributed by atoms with Crippen molar-refractivity contribution >= 4 is 17.7 Å². The van der Waals surface area contributed by atoms with Gasteiger partial charge in [-0.05, 0) is 19.1 Å². The van der Waals surface area contributed by atoms with E-state index in [4.69, 9.17) is 4.84 Å². The van der Waals surface area contributed by atoms with Crippen molar-refractivity contribution in [3.63, 3.8) is 0 Å². The van der Waals surface area contributed by atoms with Gasteiger partial charge in [-0.1, -0.05) is 23.9 Å². The summed E-state index contributed by atoms with van der Waals surface area (Å²) in [5, 5.41) is 0. The Balaban J connectivity index is 2.81. The summed E-state index contributed by atoms with van der Waals surface area (Å²) >= 11 is 0.337. The third kappa shape index (κ3) is 3.79. The smallest absolute Gasteiger partial charge is 0.274 e. The minimum absolute atomic E-state index is 0.182. The van der Waals surface area contributed by atoms with E-state index in [1.165, 1.54) is 12.1 Å². The molecule has 0 heterocycles. The highest BCUT2D eigenvalue weighted by atomic mass is 32.2. The van der Waals surface area contributed by atoms with Crippen molar-refractivity contribution in [1.82, 2.24) is 5.48 Å². The Morgan fingerprint density at radius 3 is 2.81 bits per heavy atom. The molecule has 0 aliphatic carbocycles. The zero-order chi connectivity index (χ0) is 12.0. The number of carbonyl (C=O) groups excluding carboxylic acids is 1. The molecule has 0 spiro atoms. The number of hydrogen-bond acceptors (Lipinski definition) is 3. The molecule has 0 radical (unpaired) electrons. The lowest BCUT2D eigenvalue weighted by atomic mass is 10.2. The quantitative estimate of drug-likeness (QED) is 0.642. The van der Waals surface area contributed by atoms with Crippen molar-refractivity contribution in [2.45, 2.75) is 17.6 Å². The van der Waals surface area contributed by atoms with E-state index in [1.807, 2.05) is 0 Å². The fourth-order valence-corrected chi connectivity index (χ4v) is 1.68. The Hall–Kier alpha value is -1.14. The maximum atomic E-state index is 12.2. The molecule has 0 aliphatic heterocycles. The highest BCUT2D eigenvalue weighted by Gasteiger charge is 2.14. The van der Waals surface area contributed by atoms with Crippen LogP contribution in [-0.2, 0) is 4.84 Å². The maximum Gasteiger partial charge on any atom is 0.288 e. The summed E-state index contributed by atoms with van der Waals surface area (Å²) < 4.78 is 24.4. The van der Waals surface area contributed by atoms with E-state index in [0.717, 1.165) is 0 Å². The van der Waals surface area contributed by atoms with Gasteiger partial charge in [0.05, 0.1) is 12.2 Å². The van der Waals surface area contributed by atoms with E-state index >= 15 is 0 Å². The zero-order valence-electron chi connectivity index (χ0n) is 8.57. The molecule has 1 N–H and O–H groups in total. The van der Waals surface area contributed by atoms with Crippen molar-refractivity contribution in [2.24, 2.45) is 0 Å². The number of amides is 1. The van der Waals surface area contributed by atoms with Crippen molar-refractivity contribution in [2.75, 3.05) is 6.61 Å². The molecule has 3 nitrogen and oxygen atoms in total. The van der Waals surface area contributed by atoms with E-state index in [1.54, 1.807) is 19.1 Å². The number of thioether (sulfide) groups is 1. The van der Waals surface area contributed by atoms with Crippen LogP contribution in [0.2, 0.25) is 0 Å². The van der Waals surface area contributed by atoms with Crippen molar-refractivity contribution in [3.8, 4) is 0 Å². The molecule has 6 heteroatoms. The van der Waals surface area contributed by atoms with Crippen LogP contribution in [0.3, 0.4) is 0 Å². The molecular formula is C10H11F2NO2S. The number of hydroxylamine groups is 1. The molecule has 1 aromatic rings. The third-order valence-corrected chi connectivity index (χ3v) is 2.45. The lowest BCUT2D eigenvalue weighted by Gasteiger charge is -2.08. The van der Waals surface area contributed by atoms with Gasteiger partial charge in [-0.2, -0.15) is 8.78 Å². The van der Waals surface area contributed by atoms with Gasteiger partial charge >= 0.3 is 0 Å². The molecule has 16 heavy (non-hydrogen) atoms. The van der Waals surface area contributed by atoms with Crippen LogP contribution in [0.25, 0.3) is 0 Å². The van der Waals surface area contributed by atoms with E-state index in [0.29, 0.717) is 18.4 Å². The van der Waals surface area contributed by atoms with Gasteiger partial charge in [-0.15, -0.1) is 0 Å². The predicted octanol–water partition coefficient (Wildman–Crippen LogP) is 2.68. The van der Waals surface area contributed by atoms with Gasteiger partial charge in [0.1, 0.15) is 0 Å².